The minimum atomic E-state index is -4.48. The van der Waals surface area contributed by atoms with Crippen LogP contribution in [0.5, 0.6) is 0 Å². The van der Waals surface area contributed by atoms with E-state index in [-0.39, 0.29) is 24.0 Å². The van der Waals surface area contributed by atoms with Gasteiger partial charge in [0.2, 0.25) is 5.82 Å². The predicted molar refractivity (Wildman–Crippen MR) is 119 cm³/mol. The summed E-state index contributed by atoms with van der Waals surface area (Å²) in [7, 11) is 0. The number of nitrogens with zero attached hydrogens (tertiary/aromatic N) is 7. The molecule has 0 aliphatic rings. The van der Waals surface area contributed by atoms with Crippen LogP contribution in [0.2, 0.25) is 5.02 Å². The lowest BCUT2D eigenvalue weighted by Gasteiger charge is -2.08. The van der Waals surface area contributed by atoms with Gasteiger partial charge in [0.25, 0.3) is 5.91 Å². The maximum Gasteiger partial charge on any atom is 0.390 e. The van der Waals surface area contributed by atoms with Crippen molar-refractivity contribution in [3.63, 3.8) is 0 Å². The van der Waals surface area contributed by atoms with Crippen LogP contribution in [0.1, 0.15) is 28.4 Å². The van der Waals surface area contributed by atoms with Crippen LogP contribution in [0.25, 0.3) is 17.2 Å². The van der Waals surface area contributed by atoms with Gasteiger partial charge in [0, 0.05) is 23.3 Å². The summed E-state index contributed by atoms with van der Waals surface area (Å²) in [5, 5.41) is 8.87. The first-order valence-electron chi connectivity index (χ1n) is 10.2. The summed E-state index contributed by atoms with van der Waals surface area (Å²) in [6.45, 7) is 0.791. The standard InChI is InChI=1S/C21H18ClF3N8O2/c1-12-3-2-9-27-17(12)33-19(16(26)34)28-15(29-33)11-32-20(35)31(10-8-21(23,24)25)18(30-32)13-4-6-14(22)7-5-13/h2-7,9H,8,10-11H2,1H3,(H2,26,34). The Morgan fingerprint density at radius 2 is 1.86 bits per heavy atom. The van der Waals surface area contributed by atoms with Crippen LogP contribution >= 0.6 is 11.6 Å². The van der Waals surface area contributed by atoms with Crippen molar-refractivity contribution in [1.29, 1.82) is 0 Å². The molecule has 0 fully saturated rings. The number of benzene rings is 1. The van der Waals surface area contributed by atoms with Crippen molar-refractivity contribution in [2.45, 2.75) is 32.6 Å². The third-order valence-electron chi connectivity index (χ3n) is 4.99. The Balaban J connectivity index is 1.76. The smallest absolute Gasteiger partial charge is 0.363 e. The molecule has 0 spiro atoms. The Kier molecular flexibility index (Phi) is 6.43. The zero-order chi connectivity index (χ0) is 25.3. The van der Waals surface area contributed by atoms with Crippen molar-refractivity contribution >= 4 is 17.5 Å². The molecule has 0 aliphatic heterocycles. The number of primary amides is 1. The molecule has 0 aliphatic carbocycles. The van der Waals surface area contributed by atoms with E-state index in [0.717, 1.165) is 13.9 Å². The van der Waals surface area contributed by atoms with Gasteiger partial charge >= 0.3 is 11.9 Å². The minimum absolute atomic E-state index is 0.00548. The van der Waals surface area contributed by atoms with Crippen molar-refractivity contribution in [1.82, 2.24) is 34.1 Å². The molecule has 1 amide bonds. The third kappa shape index (κ3) is 5.24. The fraction of sp³-hybridized carbons (Fsp3) is 0.238. The number of rotatable bonds is 7. The fourth-order valence-corrected chi connectivity index (χ4v) is 3.48. The number of nitrogens with two attached hydrogens (primary N) is 1. The second-order valence-electron chi connectivity index (χ2n) is 7.56. The number of halogens is 4. The molecule has 0 atom stereocenters. The first kappa shape index (κ1) is 24.1. The predicted octanol–water partition coefficient (Wildman–Crippen LogP) is 2.75. The number of hydrogen-bond acceptors (Lipinski definition) is 6. The number of amides is 1. The minimum Gasteiger partial charge on any atom is -0.363 e. The van der Waals surface area contributed by atoms with Gasteiger partial charge in [0.15, 0.2) is 17.5 Å². The molecule has 10 nitrogen and oxygen atoms in total. The van der Waals surface area contributed by atoms with E-state index in [9.17, 15) is 22.8 Å². The molecule has 0 unspecified atom stereocenters. The van der Waals surface area contributed by atoms with Crippen molar-refractivity contribution < 1.29 is 18.0 Å². The van der Waals surface area contributed by atoms with Crippen LogP contribution in [0.15, 0.2) is 47.4 Å². The van der Waals surface area contributed by atoms with Crippen LogP contribution in [-0.2, 0) is 13.1 Å². The second kappa shape index (κ2) is 9.33. The van der Waals surface area contributed by atoms with Gasteiger partial charge in [-0.2, -0.15) is 17.9 Å². The van der Waals surface area contributed by atoms with Gasteiger partial charge < -0.3 is 5.73 Å². The van der Waals surface area contributed by atoms with Gasteiger partial charge in [0.05, 0.1) is 6.42 Å². The molecule has 14 heteroatoms. The number of carbonyl (C=O) groups is 1. The summed E-state index contributed by atoms with van der Waals surface area (Å²) in [5.41, 5.74) is 5.72. The van der Waals surface area contributed by atoms with Crippen molar-refractivity contribution in [2.24, 2.45) is 5.73 Å². The summed E-state index contributed by atoms with van der Waals surface area (Å²) in [6, 6.07) is 9.60. The van der Waals surface area contributed by atoms with Crippen LogP contribution in [0, 0.1) is 6.92 Å². The normalized spacial score (nSPS) is 11.7. The van der Waals surface area contributed by atoms with E-state index in [1.807, 2.05) is 0 Å². The highest BCUT2D eigenvalue weighted by Crippen LogP contribution is 2.23. The van der Waals surface area contributed by atoms with Gasteiger partial charge in [-0.05, 0) is 42.8 Å². The summed E-state index contributed by atoms with van der Waals surface area (Å²) in [5.74, 6) is -0.770. The molecule has 182 valence electrons. The molecule has 0 radical (unpaired) electrons. The summed E-state index contributed by atoms with van der Waals surface area (Å²) in [6.07, 6.45) is -4.20. The van der Waals surface area contributed by atoms with Gasteiger partial charge in [-0.25, -0.2) is 19.4 Å². The van der Waals surface area contributed by atoms with Crippen molar-refractivity contribution in [3.05, 3.63) is 75.3 Å². The van der Waals surface area contributed by atoms with Gasteiger partial charge in [-0.15, -0.1) is 10.2 Å². The highest BCUT2D eigenvalue weighted by molar-refractivity contribution is 6.30. The molecule has 3 heterocycles. The van der Waals surface area contributed by atoms with E-state index in [1.165, 1.54) is 18.3 Å². The zero-order valence-electron chi connectivity index (χ0n) is 18.2. The Hall–Kier alpha value is -4.00. The quantitative estimate of drug-likeness (QED) is 0.410. The largest absolute Gasteiger partial charge is 0.390 e. The lowest BCUT2D eigenvalue weighted by atomic mass is 10.2. The molecular formula is C21H18ClF3N8O2. The number of alkyl halides is 3. The van der Waals surface area contributed by atoms with Crippen molar-refractivity contribution in [2.75, 3.05) is 0 Å². The lowest BCUT2D eigenvalue weighted by Crippen LogP contribution is -2.27. The number of hydrogen-bond donors (Lipinski definition) is 1. The second-order valence-corrected chi connectivity index (χ2v) is 8.00. The molecule has 0 saturated carbocycles. The van der Waals surface area contributed by atoms with Crippen LogP contribution in [0.4, 0.5) is 13.2 Å². The fourth-order valence-electron chi connectivity index (χ4n) is 3.36. The number of aryl methyl sites for hydroxylation is 1. The molecular weight excluding hydrogens is 489 g/mol. The molecule has 0 saturated heterocycles. The van der Waals surface area contributed by atoms with E-state index >= 15 is 0 Å². The number of pyridine rings is 1. The maximum atomic E-state index is 13.0. The SMILES string of the molecule is Cc1cccnc1-n1nc(Cn2nc(-c3ccc(Cl)cc3)n(CCC(F)(F)F)c2=O)nc1C(N)=O. The summed E-state index contributed by atoms with van der Waals surface area (Å²) >= 11 is 5.90. The van der Waals surface area contributed by atoms with Gasteiger partial charge in [-0.3, -0.25) is 9.36 Å². The molecule has 35 heavy (non-hydrogen) atoms. The number of aromatic nitrogens is 7. The monoisotopic (exact) mass is 506 g/mol. The topological polar surface area (TPSA) is 127 Å². The zero-order valence-corrected chi connectivity index (χ0v) is 19.0. The van der Waals surface area contributed by atoms with Crippen LogP contribution in [0.3, 0.4) is 0 Å². The van der Waals surface area contributed by atoms with Crippen LogP contribution in [-0.4, -0.2) is 46.2 Å². The van der Waals surface area contributed by atoms with E-state index in [1.54, 1.807) is 31.2 Å². The average molecular weight is 507 g/mol. The molecule has 2 N–H and O–H groups in total. The van der Waals surface area contributed by atoms with E-state index in [4.69, 9.17) is 17.3 Å². The Bertz CT molecular complexity index is 1440. The Morgan fingerprint density at radius 1 is 1.14 bits per heavy atom. The maximum absolute atomic E-state index is 13.0. The first-order valence-corrected chi connectivity index (χ1v) is 10.6. The summed E-state index contributed by atoms with van der Waals surface area (Å²) in [4.78, 5) is 33.3. The van der Waals surface area contributed by atoms with E-state index in [0.29, 0.717) is 22.0 Å². The molecule has 1 aromatic carbocycles. The van der Waals surface area contributed by atoms with E-state index < -0.39 is 30.7 Å². The first-order chi connectivity index (χ1) is 16.5. The third-order valence-corrected chi connectivity index (χ3v) is 5.24. The van der Waals surface area contributed by atoms with E-state index in [2.05, 4.69) is 20.2 Å². The molecule has 3 aromatic heterocycles. The van der Waals surface area contributed by atoms with Gasteiger partial charge in [0.1, 0.15) is 6.54 Å². The van der Waals surface area contributed by atoms with Gasteiger partial charge in [-0.1, -0.05) is 17.7 Å². The molecule has 4 aromatic rings. The summed E-state index contributed by atoms with van der Waals surface area (Å²) < 4.78 is 41.7. The average Bonchev–Trinajstić information content (AvgIpc) is 3.34. The Morgan fingerprint density at radius 3 is 2.49 bits per heavy atom. The highest BCUT2D eigenvalue weighted by atomic mass is 35.5. The molecule has 4 rings (SSSR count). The number of carbonyl (C=O) groups excluding carboxylic acids is 1. The van der Waals surface area contributed by atoms with Crippen molar-refractivity contribution in [3.8, 4) is 17.2 Å². The van der Waals surface area contributed by atoms with Crippen LogP contribution < -0.4 is 11.4 Å². The highest BCUT2D eigenvalue weighted by Gasteiger charge is 2.29. The lowest BCUT2D eigenvalue weighted by molar-refractivity contribution is -0.136. The Labute approximate surface area is 200 Å². The molecule has 0 bridgehead atoms.